The van der Waals surface area contributed by atoms with Gasteiger partial charge in [-0.1, -0.05) is 12.2 Å². The molecule has 7 heteroatoms. The standard InChI is InChI=1S/C22H32O7/c1-22(2,26)19(23)12-11-18(21(25)28-4)10-6-9-17(20(24)27-3)8-5-7-16-13-14-29-15-16/h8,10,13-15,19,23,26H,5-7,9,11-12H2,1-4H3/b17-8+,18-10-/t19-/m0/s1. The predicted molar refractivity (Wildman–Crippen MR) is 108 cm³/mol. The number of furan rings is 1. The zero-order valence-corrected chi connectivity index (χ0v) is 17.6. The van der Waals surface area contributed by atoms with Crippen LogP contribution in [-0.4, -0.2) is 48.1 Å². The van der Waals surface area contributed by atoms with Crippen LogP contribution in [-0.2, 0) is 25.5 Å². The Morgan fingerprint density at radius 2 is 1.69 bits per heavy atom. The Labute approximate surface area is 172 Å². The highest BCUT2D eigenvalue weighted by Crippen LogP contribution is 2.19. The summed E-state index contributed by atoms with van der Waals surface area (Å²) in [6.45, 7) is 3.02. The van der Waals surface area contributed by atoms with Gasteiger partial charge in [-0.2, -0.15) is 0 Å². The van der Waals surface area contributed by atoms with Crippen molar-refractivity contribution >= 4 is 11.9 Å². The largest absolute Gasteiger partial charge is 0.472 e. The Morgan fingerprint density at radius 3 is 2.21 bits per heavy atom. The molecule has 1 rings (SSSR count). The normalized spacial score (nSPS) is 13.9. The van der Waals surface area contributed by atoms with Crippen LogP contribution < -0.4 is 0 Å². The van der Waals surface area contributed by atoms with Crippen molar-refractivity contribution in [3.8, 4) is 0 Å². The number of ether oxygens (including phenoxy) is 2. The molecule has 162 valence electrons. The van der Waals surface area contributed by atoms with Crippen molar-refractivity contribution in [2.75, 3.05) is 14.2 Å². The Kier molecular flexibility index (Phi) is 10.4. The maximum Gasteiger partial charge on any atom is 0.333 e. The third kappa shape index (κ3) is 9.11. The fourth-order valence-electron chi connectivity index (χ4n) is 2.73. The molecule has 0 aliphatic rings. The second-order valence-electron chi connectivity index (χ2n) is 7.36. The van der Waals surface area contributed by atoms with Crippen molar-refractivity contribution in [2.45, 2.75) is 64.1 Å². The highest BCUT2D eigenvalue weighted by atomic mass is 16.5. The van der Waals surface area contributed by atoms with Crippen LogP contribution in [0.4, 0.5) is 0 Å². The Hall–Kier alpha value is -2.38. The summed E-state index contributed by atoms with van der Waals surface area (Å²) in [5.41, 5.74) is 0.729. The maximum absolute atomic E-state index is 12.0. The first-order valence-corrected chi connectivity index (χ1v) is 9.65. The number of allylic oxidation sites excluding steroid dienone is 2. The number of esters is 2. The number of rotatable bonds is 12. The summed E-state index contributed by atoms with van der Waals surface area (Å²) in [6, 6.07) is 1.87. The molecule has 0 bridgehead atoms. The molecule has 2 N–H and O–H groups in total. The lowest BCUT2D eigenvalue weighted by atomic mass is 9.95. The van der Waals surface area contributed by atoms with Crippen LogP contribution in [0.2, 0.25) is 0 Å². The number of hydrogen-bond acceptors (Lipinski definition) is 7. The molecule has 0 saturated heterocycles. The van der Waals surface area contributed by atoms with Crippen molar-refractivity contribution < 1.29 is 33.7 Å². The van der Waals surface area contributed by atoms with Gasteiger partial charge in [0, 0.05) is 11.1 Å². The zero-order valence-electron chi connectivity index (χ0n) is 17.6. The van der Waals surface area contributed by atoms with Gasteiger partial charge in [0.15, 0.2) is 0 Å². The van der Waals surface area contributed by atoms with Crippen molar-refractivity contribution in [1.82, 2.24) is 0 Å². The molecule has 1 aromatic rings. The number of aliphatic hydroxyl groups excluding tert-OH is 1. The second kappa shape index (κ2) is 12.2. The maximum atomic E-state index is 12.0. The van der Waals surface area contributed by atoms with E-state index in [9.17, 15) is 19.8 Å². The van der Waals surface area contributed by atoms with E-state index < -0.39 is 23.6 Å². The van der Waals surface area contributed by atoms with Gasteiger partial charge in [-0.15, -0.1) is 0 Å². The van der Waals surface area contributed by atoms with Gasteiger partial charge in [-0.3, -0.25) is 0 Å². The lowest BCUT2D eigenvalue weighted by molar-refractivity contribution is -0.137. The summed E-state index contributed by atoms with van der Waals surface area (Å²) in [5, 5.41) is 19.8. The minimum absolute atomic E-state index is 0.217. The highest BCUT2D eigenvalue weighted by Gasteiger charge is 2.25. The van der Waals surface area contributed by atoms with Crippen LogP contribution in [0.1, 0.15) is 51.5 Å². The van der Waals surface area contributed by atoms with E-state index in [-0.39, 0.29) is 12.8 Å². The van der Waals surface area contributed by atoms with Crippen LogP contribution in [0.15, 0.2) is 46.3 Å². The number of aliphatic hydroxyl groups is 2. The van der Waals surface area contributed by atoms with Crippen molar-refractivity contribution in [1.29, 1.82) is 0 Å². The van der Waals surface area contributed by atoms with E-state index in [0.717, 1.165) is 12.0 Å². The molecular weight excluding hydrogens is 376 g/mol. The molecule has 0 aliphatic heterocycles. The van der Waals surface area contributed by atoms with Crippen LogP contribution in [0.25, 0.3) is 0 Å². The average Bonchev–Trinajstić information content (AvgIpc) is 3.20. The average molecular weight is 408 g/mol. The summed E-state index contributed by atoms with van der Waals surface area (Å²) in [7, 11) is 2.62. The first kappa shape index (κ1) is 24.7. The molecule has 7 nitrogen and oxygen atoms in total. The molecule has 1 heterocycles. The molecule has 1 aromatic heterocycles. The van der Waals surface area contributed by atoms with E-state index >= 15 is 0 Å². The first-order valence-electron chi connectivity index (χ1n) is 9.65. The Bertz CT molecular complexity index is 693. The quantitative estimate of drug-likeness (QED) is 0.404. The van der Waals surface area contributed by atoms with Crippen LogP contribution in [0.5, 0.6) is 0 Å². The molecule has 0 radical (unpaired) electrons. The molecule has 0 aliphatic carbocycles. The molecule has 0 spiro atoms. The van der Waals surface area contributed by atoms with Gasteiger partial charge in [0.25, 0.3) is 0 Å². The molecule has 0 amide bonds. The number of carbonyl (C=O) groups excluding carboxylic acids is 2. The first-order chi connectivity index (χ1) is 13.7. The Balaban J connectivity index is 2.72. The molecule has 29 heavy (non-hydrogen) atoms. The lowest BCUT2D eigenvalue weighted by Gasteiger charge is -2.24. The van der Waals surface area contributed by atoms with E-state index in [1.807, 2.05) is 12.1 Å². The van der Waals surface area contributed by atoms with Gasteiger partial charge >= 0.3 is 11.9 Å². The molecular formula is C22H32O7. The second-order valence-corrected chi connectivity index (χ2v) is 7.36. The molecule has 0 unspecified atom stereocenters. The minimum atomic E-state index is -1.25. The molecule has 1 atom stereocenters. The molecule has 0 saturated carbocycles. The highest BCUT2D eigenvalue weighted by molar-refractivity contribution is 5.89. The van der Waals surface area contributed by atoms with Crippen LogP contribution in [0, 0.1) is 0 Å². The summed E-state index contributed by atoms with van der Waals surface area (Å²) in [4.78, 5) is 24.0. The SMILES string of the molecule is COC(=O)/C(=C\CC/C(=C\CCc1ccoc1)C(=O)OC)CC[C@H](O)C(C)(C)O. The zero-order chi connectivity index (χ0) is 21.9. The summed E-state index contributed by atoms with van der Waals surface area (Å²) < 4.78 is 14.7. The van der Waals surface area contributed by atoms with Crippen molar-refractivity contribution in [3.63, 3.8) is 0 Å². The molecule has 0 aromatic carbocycles. The summed E-state index contributed by atoms with van der Waals surface area (Å²) in [5.74, 6) is -0.890. The van der Waals surface area contributed by atoms with Crippen LogP contribution >= 0.6 is 0 Å². The van der Waals surface area contributed by atoms with E-state index in [1.165, 1.54) is 28.1 Å². The predicted octanol–water partition coefficient (Wildman–Crippen LogP) is 3.10. The van der Waals surface area contributed by atoms with Crippen molar-refractivity contribution in [3.05, 3.63) is 47.5 Å². The van der Waals surface area contributed by atoms with Gasteiger partial charge in [-0.25, -0.2) is 9.59 Å². The smallest absolute Gasteiger partial charge is 0.333 e. The van der Waals surface area contributed by atoms with Gasteiger partial charge in [0.2, 0.25) is 0 Å². The monoisotopic (exact) mass is 408 g/mol. The van der Waals surface area contributed by atoms with Crippen molar-refractivity contribution in [2.24, 2.45) is 0 Å². The van der Waals surface area contributed by atoms with Gasteiger partial charge in [0.05, 0.1) is 38.5 Å². The lowest BCUT2D eigenvalue weighted by Crippen LogP contribution is -2.35. The number of hydrogen-bond donors (Lipinski definition) is 2. The number of methoxy groups -OCH3 is 2. The molecule has 0 fully saturated rings. The summed E-state index contributed by atoms with van der Waals surface area (Å²) in [6.07, 6.45) is 8.58. The van der Waals surface area contributed by atoms with E-state index in [0.29, 0.717) is 30.4 Å². The van der Waals surface area contributed by atoms with E-state index in [4.69, 9.17) is 13.9 Å². The fourth-order valence-corrected chi connectivity index (χ4v) is 2.73. The van der Waals surface area contributed by atoms with Gasteiger partial charge in [0.1, 0.15) is 0 Å². The third-order valence-electron chi connectivity index (χ3n) is 4.61. The third-order valence-corrected chi connectivity index (χ3v) is 4.61. The Morgan fingerprint density at radius 1 is 1.10 bits per heavy atom. The van der Waals surface area contributed by atoms with Crippen LogP contribution in [0.3, 0.4) is 0 Å². The van der Waals surface area contributed by atoms with Gasteiger partial charge < -0.3 is 24.1 Å². The topological polar surface area (TPSA) is 106 Å². The van der Waals surface area contributed by atoms with E-state index in [2.05, 4.69) is 0 Å². The minimum Gasteiger partial charge on any atom is -0.472 e. The fraction of sp³-hybridized carbons (Fsp3) is 0.545. The van der Waals surface area contributed by atoms with E-state index in [1.54, 1.807) is 18.6 Å². The number of aryl methyl sites for hydroxylation is 1. The van der Waals surface area contributed by atoms with Gasteiger partial charge in [-0.05, 0) is 64.0 Å². The summed E-state index contributed by atoms with van der Waals surface area (Å²) >= 11 is 0. The number of carbonyl (C=O) groups is 2.